The third kappa shape index (κ3) is 7.21. The zero-order chi connectivity index (χ0) is 20.5. The number of nitrogens with zero attached hydrogens (tertiary/aromatic N) is 1. The molecule has 0 heterocycles. The Balaban J connectivity index is 2.02. The second-order valence-electron chi connectivity index (χ2n) is 6.97. The predicted molar refractivity (Wildman–Crippen MR) is 117 cm³/mol. The minimum Gasteiger partial charge on any atom is -0.352 e. The fraction of sp³-hybridized carbons (Fsp3) is 0.364. The zero-order valence-corrected chi connectivity index (χ0v) is 18.1. The minimum atomic E-state index is -0.536. The number of carbonyl (C=O) groups excluding carboxylic acids is 2. The van der Waals surface area contributed by atoms with Gasteiger partial charge in [-0.25, -0.2) is 0 Å². The SMILES string of the molecule is CC(C)NC(=O)[C@@H](C)N(Cc1ccccc1)C(=O)CSCc1ccc(Cl)cc1. The van der Waals surface area contributed by atoms with Gasteiger partial charge in [0.15, 0.2) is 0 Å². The van der Waals surface area contributed by atoms with E-state index < -0.39 is 6.04 Å². The van der Waals surface area contributed by atoms with E-state index in [4.69, 9.17) is 11.6 Å². The van der Waals surface area contributed by atoms with Gasteiger partial charge in [-0.1, -0.05) is 54.1 Å². The third-order valence-corrected chi connectivity index (χ3v) is 5.44. The molecule has 0 aromatic heterocycles. The summed E-state index contributed by atoms with van der Waals surface area (Å²) in [7, 11) is 0. The summed E-state index contributed by atoms with van der Waals surface area (Å²) in [4.78, 5) is 27.1. The Morgan fingerprint density at radius 2 is 1.64 bits per heavy atom. The zero-order valence-electron chi connectivity index (χ0n) is 16.5. The highest BCUT2D eigenvalue weighted by molar-refractivity contribution is 7.99. The number of hydrogen-bond acceptors (Lipinski definition) is 3. The average Bonchev–Trinajstić information content (AvgIpc) is 2.67. The van der Waals surface area contributed by atoms with Gasteiger partial charge in [0, 0.05) is 23.4 Å². The van der Waals surface area contributed by atoms with E-state index in [1.807, 2.05) is 68.4 Å². The van der Waals surface area contributed by atoms with E-state index in [1.54, 1.807) is 11.8 Å². The monoisotopic (exact) mass is 418 g/mol. The van der Waals surface area contributed by atoms with E-state index in [2.05, 4.69) is 5.32 Å². The van der Waals surface area contributed by atoms with Gasteiger partial charge in [-0.2, -0.15) is 0 Å². The lowest BCUT2D eigenvalue weighted by Gasteiger charge is -2.29. The summed E-state index contributed by atoms with van der Waals surface area (Å²) in [5.74, 6) is 0.847. The maximum atomic E-state index is 12.9. The Morgan fingerprint density at radius 3 is 2.25 bits per heavy atom. The molecule has 6 heteroatoms. The molecule has 1 atom stereocenters. The first-order chi connectivity index (χ1) is 13.4. The highest BCUT2D eigenvalue weighted by Crippen LogP contribution is 2.17. The molecule has 0 aliphatic heterocycles. The third-order valence-electron chi connectivity index (χ3n) is 4.20. The summed E-state index contributed by atoms with van der Waals surface area (Å²) in [5, 5.41) is 3.60. The predicted octanol–water partition coefficient (Wildman–Crippen LogP) is 4.52. The second-order valence-corrected chi connectivity index (χ2v) is 8.39. The summed E-state index contributed by atoms with van der Waals surface area (Å²) in [5.41, 5.74) is 2.12. The molecule has 0 bridgehead atoms. The van der Waals surface area contributed by atoms with Crippen LogP contribution < -0.4 is 5.32 Å². The Bertz CT molecular complexity index is 766. The summed E-state index contributed by atoms with van der Waals surface area (Å²) in [6, 6.07) is 16.8. The molecular formula is C22H27ClN2O2S. The van der Waals surface area contributed by atoms with Gasteiger partial charge >= 0.3 is 0 Å². The molecule has 2 amide bonds. The Kier molecular flexibility index (Phi) is 8.87. The molecule has 1 N–H and O–H groups in total. The first-order valence-electron chi connectivity index (χ1n) is 9.32. The van der Waals surface area contributed by atoms with E-state index in [1.165, 1.54) is 11.8 Å². The standard InChI is InChI=1S/C22H27ClN2O2S/c1-16(2)24-22(27)17(3)25(13-18-7-5-4-6-8-18)21(26)15-28-14-19-9-11-20(23)12-10-19/h4-12,16-17H,13-15H2,1-3H3,(H,24,27)/t17-/m1/s1. The maximum absolute atomic E-state index is 12.9. The average molecular weight is 419 g/mol. The molecule has 0 unspecified atom stereocenters. The van der Waals surface area contributed by atoms with E-state index in [0.29, 0.717) is 23.1 Å². The van der Waals surface area contributed by atoms with Gasteiger partial charge in [0.1, 0.15) is 6.04 Å². The molecule has 0 aliphatic rings. The quantitative estimate of drug-likeness (QED) is 0.651. The van der Waals surface area contributed by atoms with E-state index in [0.717, 1.165) is 11.1 Å². The molecule has 28 heavy (non-hydrogen) atoms. The van der Waals surface area contributed by atoms with Crippen LogP contribution in [0.1, 0.15) is 31.9 Å². The van der Waals surface area contributed by atoms with Gasteiger partial charge < -0.3 is 10.2 Å². The van der Waals surface area contributed by atoms with Crippen LogP contribution in [0.3, 0.4) is 0 Å². The van der Waals surface area contributed by atoms with Crippen molar-refractivity contribution >= 4 is 35.2 Å². The van der Waals surface area contributed by atoms with Crippen LogP contribution in [-0.4, -0.2) is 34.6 Å². The van der Waals surface area contributed by atoms with Gasteiger partial charge in [-0.05, 0) is 44.0 Å². The molecule has 0 fully saturated rings. The Labute approximate surface area is 176 Å². The van der Waals surface area contributed by atoms with Crippen LogP contribution in [0.15, 0.2) is 54.6 Å². The van der Waals surface area contributed by atoms with E-state index in [-0.39, 0.29) is 17.9 Å². The lowest BCUT2D eigenvalue weighted by molar-refractivity contribution is -0.138. The smallest absolute Gasteiger partial charge is 0.242 e. The highest BCUT2D eigenvalue weighted by atomic mass is 35.5. The van der Waals surface area contributed by atoms with Crippen molar-refractivity contribution in [2.75, 3.05) is 5.75 Å². The fourth-order valence-corrected chi connectivity index (χ4v) is 3.68. The molecule has 2 rings (SSSR count). The van der Waals surface area contributed by atoms with Crippen molar-refractivity contribution in [2.45, 2.75) is 45.2 Å². The molecule has 0 aliphatic carbocycles. The minimum absolute atomic E-state index is 0.0305. The molecule has 0 radical (unpaired) electrons. The maximum Gasteiger partial charge on any atom is 0.242 e. The number of carbonyl (C=O) groups is 2. The van der Waals surface area contributed by atoms with Gasteiger partial charge in [-0.15, -0.1) is 11.8 Å². The lowest BCUT2D eigenvalue weighted by atomic mass is 10.1. The fourth-order valence-electron chi connectivity index (χ4n) is 2.69. The van der Waals surface area contributed by atoms with Crippen LogP contribution in [0, 0.1) is 0 Å². The van der Waals surface area contributed by atoms with Crippen LogP contribution in [0.2, 0.25) is 5.02 Å². The molecule has 4 nitrogen and oxygen atoms in total. The first-order valence-corrected chi connectivity index (χ1v) is 10.9. The van der Waals surface area contributed by atoms with E-state index >= 15 is 0 Å². The summed E-state index contributed by atoms with van der Waals surface area (Å²) < 4.78 is 0. The van der Waals surface area contributed by atoms with Crippen molar-refractivity contribution < 1.29 is 9.59 Å². The lowest BCUT2D eigenvalue weighted by Crippen LogP contribution is -2.49. The van der Waals surface area contributed by atoms with Crippen LogP contribution in [0.25, 0.3) is 0 Å². The molecule has 150 valence electrons. The van der Waals surface area contributed by atoms with Gasteiger partial charge in [0.2, 0.25) is 11.8 Å². The topological polar surface area (TPSA) is 49.4 Å². The molecular weight excluding hydrogens is 392 g/mol. The number of thioether (sulfide) groups is 1. The van der Waals surface area contributed by atoms with Crippen LogP contribution in [0.5, 0.6) is 0 Å². The van der Waals surface area contributed by atoms with Crippen molar-refractivity contribution in [1.29, 1.82) is 0 Å². The van der Waals surface area contributed by atoms with Crippen molar-refractivity contribution in [1.82, 2.24) is 10.2 Å². The number of nitrogens with one attached hydrogen (secondary N) is 1. The van der Waals surface area contributed by atoms with Crippen LogP contribution >= 0.6 is 23.4 Å². The number of halogens is 1. The van der Waals surface area contributed by atoms with Crippen LogP contribution in [-0.2, 0) is 21.9 Å². The van der Waals surface area contributed by atoms with Crippen molar-refractivity contribution in [3.05, 3.63) is 70.7 Å². The first kappa shape index (κ1) is 22.3. The summed E-state index contributed by atoms with van der Waals surface area (Å²) in [6.07, 6.45) is 0. The van der Waals surface area contributed by atoms with Gasteiger partial charge in [0.05, 0.1) is 5.75 Å². The largest absolute Gasteiger partial charge is 0.352 e. The molecule has 0 spiro atoms. The Hall–Kier alpha value is -1.98. The molecule has 2 aromatic rings. The number of benzene rings is 2. The summed E-state index contributed by atoms with van der Waals surface area (Å²) in [6.45, 7) is 6.02. The highest BCUT2D eigenvalue weighted by Gasteiger charge is 2.26. The number of rotatable bonds is 9. The molecule has 0 saturated heterocycles. The molecule has 0 saturated carbocycles. The molecule has 2 aromatic carbocycles. The van der Waals surface area contributed by atoms with Crippen molar-refractivity contribution in [3.8, 4) is 0 Å². The van der Waals surface area contributed by atoms with Crippen molar-refractivity contribution in [2.24, 2.45) is 0 Å². The number of amides is 2. The van der Waals surface area contributed by atoms with Crippen LogP contribution in [0.4, 0.5) is 0 Å². The van der Waals surface area contributed by atoms with Crippen molar-refractivity contribution in [3.63, 3.8) is 0 Å². The van der Waals surface area contributed by atoms with Gasteiger partial charge in [-0.3, -0.25) is 9.59 Å². The number of hydrogen-bond donors (Lipinski definition) is 1. The van der Waals surface area contributed by atoms with Gasteiger partial charge in [0.25, 0.3) is 0 Å². The van der Waals surface area contributed by atoms with E-state index in [9.17, 15) is 9.59 Å². The normalized spacial score (nSPS) is 11.9. The second kappa shape index (κ2) is 11.1. The Morgan fingerprint density at radius 1 is 1.00 bits per heavy atom. The summed E-state index contributed by atoms with van der Waals surface area (Å²) >= 11 is 7.45.